The first kappa shape index (κ1) is 16.4. The van der Waals surface area contributed by atoms with E-state index in [1.807, 2.05) is 54.6 Å². The highest BCUT2D eigenvalue weighted by Crippen LogP contribution is 2.19. The molecule has 0 aromatic carbocycles. The number of likely N-dealkylation sites (N-methyl/N-ethyl adjacent to an activating group) is 1. The van der Waals surface area contributed by atoms with Gasteiger partial charge in [0.05, 0.1) is 18.8 Å². The van der Waals surface area contributed by atoms with Crippen LogP contribution >= 0.6 is 0 Å². The molecule has 1 unspecified atom stereocenters. The van der Waals surface area contributed by atoms with Crippen molar-refractivity contribution in [2.75, 3.05) is 12.4 Å². The lowest BCUT2D eigenvalue weighted by molar-refractivity contribution is -0.122. The minimum Gasteiger partial charge on any atom is -0.312 e. The summed E-state index contributed by atoms with van der Waals surface area (Å²) in [5.41, 5.74) is 0.805. The number of aryl methyl sites for hydroxylation is 2. The van der Waals surface area contributed by atoms with Crippen molar-refractivity contribution in [1.82, 2.24) is 34.4 Å². The number of pyridine rings is 1. The number of carbonyl (C=O) groups excluding carboxylic acids is 1. The second-order valence-electron chi connectivity index (χ2n) is 6.46. The van der Waals surface area contributed by atoms with Gasteiger partial charge in [-0.05, 0) is 33.0 Å². The van der Waals surface area contributed by atoms with Crippen LogP contribution < -0.4 is 5.32 Å². The summed E-state index contributed by atoms with van der Waals surface area (Å²) in [5.74, 6) is 2.86. The zero-order valence-electron chi connectivity index (χ0n) is 14.9. The predicted octanol–water partition coefficient (Wildman–Crippen LogP) is 0.928. The summed E-state index contributed by atoms with van der Waals surface area (Å²) in [7, 11) is 1.92. The largest absolute Gasteiger partial charge is 0.312 e. The van der Waals surface area contributed by atoms with E-state index in [-0.39, 0.29) is 11.9 Å². The lowest BCUT2D eigenvalue weighted by atomic mass is 10.2. The summed E-state index contributed by atoms with van der Waals surface area (Å²) < 4.78 is 3.64. The third kappa shape index (κ3) is 2.86. The Hall–Kier alpha value is -3.07. The molecule has 1 aliphatic heterocycles. The molecule has 0 aliphatic carbocycles. The van der Waals surface area contributed by atoms with E-state index in [2.05, 4.69) is 25.6 Å². The molecule has 4 heterocycles. The van der Waals surface area contributed by atoms with E-state index < -0.39 is 0 Å². The topological polar surface area (TPSA) is 93.8 Å². The van der Waals surface area contributed by atoms with Gasteiger partial charge in [-0.3, -0.25) is 9.69 Å². The Morgan fingerprint density at radius 1 is 1.27 bits per heavy atom. The fraction of sp³-hybridized carbons (Fsp3) is 0.353. The van der Waals surface area contributed by atoms with Crippen LogP contribution in [0.2, 0.25) is 0 Å². The quantitative estimate of drug-likeness (QED) is 0.754. The maximum absolute atomic E-state index is 12.9. The Morgan fingerprint density at radius 2 is 2.12 bits per heavy atom. The number of aromatic nitrogens is 6. The molecule has 9 heteroatoms. The molecule has 0 radical (unpaired) electrons. The number of rotatable bonds is 3. The van der Waals surface area contributed by atoms with E-state index in [4.69, 9.17) is 0 Å². The molecular weight excluding hydrogens is 332 g/mol. The zero-order chi connectivity index (χ0) is 18.3. The smallest absolute Gasteiger partial charge is 0.244 e. The highest BCUT2D eigenvalue weighted by Gasteiger charge is 2.31. The third-order valence-corrected chi connectivity index (χ3v) is 4.54. The highest BCUT2D eigenvalue weighted by molar-refractivity contribution is 5.94. The van der Waals surface area contributed by atoms with E-state index >= 15 is 0 Å². The molecule has 4 rings (SSSR count). The van der Waals surface area contributed by atoms with Crippen molar-refractivity contribution in [1.29, 1.82) is 0 Å². The molecule has 0 saturated carbocycles. The average molecular weight is 352 g/mol. The van der Waals surface area contributed by atoms with Crippen molar-refractivity contribution >= 4 is 11.7 Å². The molecule has 3 aromatic heterocycles. The van der Waals surface area contributed by atoms with E-state index in [9.17, 15) is 4.79 Å². The fourth-order valence-electron chi connectivity index (χ4n) is 3.16. The Morgan fingerprint density at radius 3 is 2.88 bits per heavy atom. The second-order valence-corrected chi connectivity index (χ2v) is 6.46. The summed E-state index contributed by atoms with van der Waals surface area (Å²) in [6.07, 6.45) is 1.70. The number of carbonyl (C=O) groups is 1. The van der Waals surface area contributed by atoms with Crippen LogP contribution in [0.25, 0.3) is 5.82 Å². The molecule has 3 aromatic rings. The molecule has 1 aliphatic rings. The summed E-state index contributed by atoms with van der Waals surface area (Å²) in [5, 5.41) is 15.7. The van der Waals surface area contributed by atoms with Crippen molar-refractivity contribution in [3.05, 3.63) is 47.8 Å². The SMILES string of the molecule is Cc1cc(NC(=O)C2Cn3c(C)nnc3CN2C)n(-c2ccccn2)n1. The summed E-state index contributed by atoms with van der Waals surface area (Å²) in [6, 6.07) is 7.10. The monoisotopic (exact) mass is 352 g/mol. The lowest BCUT2D eigenvalue weighted by Crippen LogP contribution is -2.48. The van der Waals surface area contributed by atoms with Crippen molar-refractivity contribution in [2.45, 2.75) is 33.0 Å². The number of nitrogens with one attached hydrogen (secondary N) is 1. The van der Waals surface area contributed by atoms with Crippen LogP contribution in [0.15, 0.2) is 30.5 Å². The molecule has 134 valence electrons. The van der Waals surface area contributed by atoms with Crippen LogP contribution in [0, 0.1) is 13.8 Å². The van der Waals surface area contributed by atoms with Crippen LogP contribution in [0.4, 0.5) is 5.82 Å². The molecule has 26 heavy (non-hydrogen) atoms. The van der Waals surface area contributed by atoms with Crippen LogP contribution in [-0.4, -0.2) is 53.4 Å². The minimum absolute atomic E-state index is 0.0941. The first-order valence-corrected chi connectivity index (χ1v) is 8.41. The summed E-state index contributed by atoms with van der Waals surface area (Å²) >= 11 is 0. The Kier molecular flexibility index (Phi) is 4.00. The lowest BCUT2D eigenvalue weighted by Gasteiger charge is -2.32. The van der Waals surface area contributed by atoms with Gasteiger partial charge in [0.1, 0.15) is 23.5 Å². The molecular formula is C17H20N8O. The zero-order valence-corrected chi connectivity index (χ0v) is 14.9. The number of nitrogens with zero attached hydrogens (tertiary/aromatic N) is 7. The number of hydrogen-bond acceptors (Lipinski definition) is 6. The molecule has 1 N–H and O–H groups in total. The van der Waals surface area contributed by atoms with Crippen LogP contribution in [-0.2, 0) is 17.9 Å². The van der Waals surface area contributed by atoms with E-state index in [1.165, 1.54) is 0 Å². The minimum atomic E-state index is -0.315. The second kappa shape index (κ2) is 6.34. The number of hydrogen-bond donors (Lipinski definition) is 1. The standard InChI is InChI=1S/C17H20N8O/c1-11-8-15(25(22-11)14-6-4-5-7-18-14)19-17(26)13-9-24-12(2)20-21-16(24)10-23(13)3/h4-8,13H,9-10H2,1-3H3,(H,19,26). The third-order valence-electron chi connectivity index (χ3n) is 4.54. The van der Waals surface area contributed by atoms with Gasteiger partial charge < -0.3 is 9.88 Å². The Labute approximate surface area is 150 Å². The van der Waals surface area contributed by atoms with Crippen LogP contribution in [0.5, 0.6) is 0 Å². The van der Waals surface area contributed by atoms with Gasteiger partial charge in [-0.2, -0.15) is 9.78 Å². The molecule has 0 saturated heterocycles. The molecule has 1 amide bonds. The van der Waals surface area contributed by atoms with Gasteiger partial charge >= 0.3 is 0 Å². The maximum Gasteiger partial charge on any atom is 0.244 e. The number of amides is 1. The first-order valence-electron chi connectivity index (χ1n) is 8.41. The van der Waals surface area contributed by atoms with Crippen LogP contribution in [0.1, 0.15) is 17.3 Å². The van der Waals surface area contributed by atoms with Crippen molar-refractivity contribution in [2.24, 2.45) is 0 Å². The van der Waals surface area contributed by atoms with E-state index in [0.717, 1.165) is 17.3 Å². The number of fused-ring (bicyclic) bond motifs is 1. The Bertz CT molecular complexity index is 945. The number of anilines is 1. The average Bonchev–Trinajstić information content (AvgIpc) is 3.17. The van der Waals surface area contributed by atoms with Crippen molar-refractivity contribution in [3.63, 3.8) is 0 Å². The van der Waals surface area contributed by atoms with Crippen LogP contribution in [0.3, 0.4) is 0 Å². The van der Waals surface area contributed by atoms with Gasteiger partial charge in [0.15, 0.2) is 5.82 Å². The van der Waals surface area contributed by atoms with Gasteiger partial charge in [-0.25, -0.2) is 4.98 Å². The van der Waals surface area contributed by atoms with E-state index in [1.54, 1.807) is 10.9 Å². The normalized spacial score (nSPS) is 17.1. The maximum atomic E-state index is 12.9. The highest BCUT2D eigenvalue weighted by atomic mass is 16.2. The van der Waals surface area contributed by atoms with Gasteiger partial charge in [-0.1, -0.05) is 6.07 Å². The van der Waals surface area contributed by atoms with Crippen molar-refractivity contribution < 1.29 is 4.79 Å². The van der Waals surface area contributed by atoms with Crippen molar-refractivity contribution in [3.8, 4) is 5.82 Å². The Balaban J connectivity index is 1.59. The molecule has 1 atom stereocenters. The van der Waals surface area contributed by atoms with Gasteiger partial charge in [-0.15, -0.1) is 10.2 Å². The summed E-state index contributed by atoms with van der Waals surface area (Å²) in [4.78, 5) is 19.2. The fourth-order valence-corrected chi connectivity index (χ4v) is 3.16. The predicted molar refractivity (Wildman–Crippen MR) is 94.7 cm³/mol. The molecule has 0 fully saturated rings. The molecule has 9 nitrogen and oxygen atoms in total. The summed E-state index contributed by atoms with van der Waals surface area (Å²) in [6.45, 7) is 4.88. The molecule has 0 bridgehead atoms. The van der Waals surface area contributed by atoms with E-state index in [0.29, 0.717) is 24.7 Å². The molecule has 0 spiro atoms. The van der Waals surface area contributed by atoms with Gasteiger partial charge in [0, 0.05) is 12.3 Å². The van der Waals surface area contributed by atoms with Gasteiger partial charge in [0.25, 0.3) is 0 Å². The van der Waals surface area contributed by atoms with Gasteiger partial charge in [0.2, 0.25) is 5.91 Å². The first-order chi connectivity index (χ1) is 12.5.